The number of hydrogen-bond donors (Lipinski definition) is 1. The first-order chi connectivity index (χ1) is 9.26. The number of carbonyl (C=O) groups is 1. The summed E-state index contributed by atoms with van der Waals surface area (Å²) in [6, 6.07) is 10.2. The molecule has 2 heterocycles. The summed E-state index contributed by atoms with van der Waals surface area (Å²) in [6.45, 7) is 1.52. The third-order valence-electron chi connectivity index (χ3n) is 3.59. The van der Waals surface area contributed by atoms with E-state index < -0.39 is 0 Å². The van der Waals surface area contributed by atoms with Crippen molar-refractivity contribution in [1.29, 1.82) is 0 Å². The Bertz CT molecular complexity index is 614. The van der Waals surface area contributed by atoms with E-state index in [-0.39, 0.29) is 5.91 Å². The summed E-state index contributed by atoms with van der Waals surface area (Å²) >= 11 is 4.28. The van der Waals surface area contributed by atoms with Crippen molar-refractivity contribution in [1.82, 2.24) is 9.88 Å². The number of pyridine rings is 1. The Hall–Kier alpha value is -1.55. The molecule has 1 aromatic carbocycles. The monoisotopic (exact) mass is 272 g/mol. The van der Waals surface area contributed by atoms with E-state index in [1.807, 2.05) is 23.1 Å². The second-order valence-electron chi connectivity index (χ2n) is 5.06. The third kappa shape index (κ3) is 2.59. The molecule has 2 aromatic rings. The van der Waals surface area contributed by atoms with Crippen LogP contribution in [-0.2, 0) is 11.3 Å². The highest BCUT2D eigenvalue weighted by Gasteiger charge is 2.28. The minimum absolute atomic E-state index is 0.241. The lowest BCUT2D eigenvalue weighted by atomic mass is 10.1. The molecule has 1 fully saturated rings. The SMILES string of the molecule is O=C1CC(CS)CN1Cc1ccc2ncccc2c1. The number of aromatic nitrogens is 1. The number of nitrogens with zero attached hydrogens (tertiary/aromatic N) is 2. The predicted octanol–water partition coefficient (Wildman–Crippen LogP) is 2.51. The molecule has 1 atom stereocenters. The van der Waals surface area contributed by atoms with E-state index in [9.17, 15) is 4.79 Å². The highest BCUT2D eigenvalue weighted by atomic mass is 32.1. The van der Waals surface area contributed by atoms with Gasteiger partial charge < -0.3 is 4.90 Å². The summed E-state index contributed by atoms with van der Waals surface area (Å²) in [5.41, 5.74) is 2.15. The van der Waals surface area contributed by atoms with Crippen molar-refractivity contribution in [3.05, 3.63) is 42.1 Å². The van der Waals surface area contributed by atoms with E-state index in [1.165, 1.54) is 0 Å². The van der Waals surface area contributed by atoms with Crippen LogP contribution in [0.25, 0.3) is 10.9 Å². The largest absolute Gasteiger partial charge is 0.338 e. The molecule has 0 aliphatic carbocycles. The molecule has 1 aliphatic heterocycles. The molecule has 0 N–H and O–H groups in total. The van der Waals surface area contributed by atoms with Crippen molar-refractivity contribution in [3.63, 3.8) is 0 Å². The number of likely N-dealkylation sites (tertiary alicyclic amines) is 1. The van der Waals surface area contributed by atoms with Crippen LogP contribution in [-0.4, -0.2) is 28.1 Å². The Balaban J connectivity index is 1.80. The van der Waals surface area contributed by atoms with Gasteiger partial charge in [0.2, 0.25) is 5.91 Å². The van der Waals surface area contributed by atoms with Gasteiger partial charge in [0.15, 0.2) is 0 Å². The highest BCUT2D eigenvalue weighted by Crippen LogP contribution is 2.22. The Labute approximate surface area is 118 Å². The molecule has 0 saturated carbocycles. The predicted molar refractivity (Wildman–Crippen MR) is 79.1 cm³/mol. The molecule has 0 bridgehead atoms. The van der Waals surface area contributed by atoms with Crippen molar-refractivity contribution in [3.8, 4) is 0 Å². The minimum Gasteiger partial charge on any atom is -0.338 e. The van der Waals surface area contributed by atoms with Crippen LogP contribution in [0.3, 0.4) is 0 Å². The fraction of sp³-hybridized carbons (Fsp3) is 0.333. The molecule has 1 aromatic heterocycles. The van der Waals surface area contributed by atoms with Gasteiger partial charge in [0, 0.05) is 31.1 Å². The van der Waals surface area contributed by atoms with Crippen molar-refractivity contribution >= 4 is 29.4 Å². The second-order valence-corrected chi connectivity index (χ2v) is 5.42. The lowest BCUT2D eigenvalue weighted by Gasteiger charge is -2.16. The van der Waals surface area contributed by atoms with Crippen molar-refractivity contribution in [2.24, 2.45) is 5.92 Å². The van der Waals surface area contributed by atoms with Crippen LogP contribution >= 0.6 is 12.6 Å². The average Bonchev–Trinajstić information content (AvgIpc) is 2.79. The zero-order valence-corrected chi connectivity index (χ0v) is 11.5. The molecule has 19 heavy (non-hydrogen) atoms. The van der Waals surface area contributed by atoms with Gasteiger partial charge in [-0.3, -0.25) is 9.78 Å². The zero-order chi connectivity index (χ0) is 13.2. The summed E-state index contributed by atoms with van der Waals surface area (Å²) in [5, 5.41) is 1.12. The second kappa shape index (κ2) is 5.21. The Morgan fingerprint density at radius 3 is 3.05 bits per heavy atom. The molecule has 1 aliphatic rings. The zero-order valence-electron chi connectivity index (χ0n) is 10.6. The van der Waals surface area contributed by atoms with E-state index in [2.05, 4.69) is 29.7 Å². The molecule has 0 radical (unpaired) electrons. The van der Waals surface area contributed by atoms with Crippen molar-refractivity contribution in [2.45, 2.75) is 13.0 Å². The van der Waals surface area contributed by atoms with Crippen LogP contribution < -0.4 is 0 Å². The first kappa shape index (κ1) is 12.5. The van der Waals surface area contributed by atoms with Crippen LogP contribution in [0, 0.1) is 5.92 Å². The molecule has 3 nitrogen and oxygen atoms in total. The molecular weight excluding hydrogens is 256 g/mol. The average molecular weight is 272 g/mol. The maximum Gasteiger partial charge on any atom is 0.223 e. The molecular formula is C15H16N2OS. The summed E-state index contributed by atoms with van der Waals surface area (Å²) in [5.74, 6) is 1.42. The minimum atomic E-state index is 0.241. The van der Waals surface area contributed by atoms with Crippen LogP contribution in [0.4, 0.5) is 0 Å². The lowest BCUT2D eigenvalue weighted by Crippen LogP contribution is -2.24. The Morgan fingerprint density at radius 1 is 1.37 bits per heavy atom. The fourth-order valence-electron chi connectivity index (χ4n) is 2.57. The fourth-order valence-corrected chi connectivity index (χ4v) is 2.82. The van der Waals surface area contributed by atoms with Crippen molar-refractivity contribution in [2.75, 3.05) is 12.3 Å². The van der Waals surface area contributed by atoms with Gasteiger partial charge in [-0.05, 0) is 35.4 Å². The number of hydrogen-bond acceptors (Lipinski definition) is 3. The number of carbonyl (C=O) groups excluding carboxylic acids is 1. The van der Waals surface area contributed by atoms with Crippen LogP contribution in [0.15, 0.2) is 36.5 Å². The van der Waals surface area contributed by atoms with Gasteiger partial charge >= 0.3 is 0 Å². The molecule has 1 amide bonds. The maximum atomic E-state index is 11.9. The lowest BCUT2D eigenvalue weighted by molar-refractivity contribution is -0.128. The number of fused-ring (bicyclic) bond motifs is 1. The smallest absolute Gasteiger partial charge is 0.223 e. The van der Waals surface area contributed by atoms with Crippen LogP contribution in [0.5, 0.6) is 0 Å². The molecule has 98 valence electrons. The van der Waals surface area contributed by atoms with Gasteiger partial charge in [-0.2, -0.15) is 12.6 Å². The van der Waals surface area contributed by atoms with E-state index in [0.29, 0.717) is 18.9 Å². The molecule has 0 spiro atoms. The summed E-state index contributed by atoms with van der Waals surface area (Å²) in [7, 11) is 0. The quantitative estimate of drug-likeness (QED) is 0.871. The number of benzene rings is 1. The van der Waals surface area contributed by atoms with Gasteiger partial charge in [0.25, 0.3) is 0 Å². The number of thiol groups is 1. The van der Waals surface area contributed by atoms with E-state index in [1.54, 1.807) is 6.20 Å². The topological polar surface area (TPSA) is 33.2 Å². The van der Waals surface area contributed by atoms with Crippen LogP contribution in [0.1, 0.15) is 12.0 Å². The standard InChI is InChI=1S/C15H16N2OS/c18-15-7-12(10-19)9-17(15)8-11-3-4-14-13(6-11)2-1-5-16-14/h1-6,12,19H,7-10H2. The normalized spacial score (nSPS) is 19.3. The number of amides is 1. The van der Waals surface area contributed by atoms with Gasteiger partial charge in [0.1, 0.15) is 0 Å². The summed E-state index contributed by atoms with van der Waals surface area (Å²) < 4.78 is 0. The number of rotatable bonds is 3. The van der Waals surface area contributed by atoms with Crippen molar-refractivity contribution < 1.29 is 4.79 Å². The molecule has 1 saturated heterocycles. The first-order valence-corrected chi connectivity index (χ1v) is 7.12. The van der Waals surface area contributed by atoms with E-state index >= 15 is 0 Å². The van der Waals surface area contributed by atoms with Gasteiger partial charge in [0.05, 0.1) is 5.52 Å². The van der Waals surface area contributed by atoms with Gasteiger partial charge in [-0.25, -0.2) is 0 Å². The Morgan fingerprint density at radius 2 is 2.26 bits per heavy atom. The maximum absolute atomic E-state index is 11.9. The molecule has 4 heteroatoms. The third-order valence-corrected chi connectivity index (χ3v) is 4.11. The van der Waals surface area contributed by atoms with Gasteiger partial charge in [-0.1, -0.05) is 12.1 Å². The molecule has 3 rings (SSSR count). The summed E-state index contributed by atoms with van der Waals surface area (Å²) in [4.78, 5) is 18.1. The first-order valence-electron chi connectivity index (χ1n) is 6.48. The summed E-state index contributed by atoms with van der Waals surface area (Å²) in [6.07, 6.45) is 2.43. The Kier molecular flexibility index (Phi) is 3.42. The molecule has 1 unspecified atom stereocenters. The van der Waals surface area contributed by atoms with E-state index in [4.69, 9.17) is 0 Å². The van der Waals surface area contributed by atoms with Crippen LogP contribution in [0.2, 0.25) is 0 Å². The highest BCUT2D eigenvalue weighted by molar-refractivity contribution is 7.80. The van der Waals surface area contributed by atoms with E-state index in [0.717, 1.165) is 28.8 Å². The van der Waals surface area contributed by atoms with Gasteiger partial charge in [-0.15, -0.1) is 0 Å².